The number of anilines is 2. The van der Waals surface area contributed by atoms with Crippen LogP contribution in [0.4, 0.5) is 16.2 Å². The van der Waals surface area contributed by atoms with E-state index in [0.29, 0.717) is 17.3 Å². The number of nitrogens with zero attached hydrogens (tertiary/aromatic N) is 2. The zero-order valence-electron chi connectivity index (χ0n) is 15.8. The van der Waals surface area contributed by atoms with Crippen molar-refractivity contribution in [3.63, 3.8) is 0 Å². The van der Waals surface area contributed by atoms with Crippen molar-refractivity contribution in [1.29, 1.82) is 0 Å². The van der Waals surface area contributed by atoms with E-state index in [1.54, 1.807) is 29.2 Å². The summed E-state index contributed by atoms with van der Waals surface area (Å²) in [5.41, 5.74) is 2.45. The Bertz CT molecular complexity index is 977. The number of nitrogens with one attached hydrogen (secondary N) is 1. The van der Waals surface area contributed by atoms with E-state index in [1.807, 2.05) is 29.2 Å². The molecule has 3 amide bonds. The van der Waals surface area contributed by atoms with E-state index in [0.717, 1.165) is 24.1 Å². The summed E-state index contributed by atoms with van der Waals surface area (Å²) in [5.74, 6) is 0.241. The van der Waals surface area contributed by atoms with Crippen molar-refractivity contribution in [2.24, 2.45) is 5.92 Å². The van der Waals surface area contributed by atoms with Gasteiger partial charge in [-0.1, -0.05) is 35.9 Å². The number of hydrogen-bond donors (Lipinski definition) is 2. The number of likely N-dealkylation sites (tertiary alicyclic amines) is 1. The number of urea groups is 1. The first-order valence-corrected chi connectivity index (χ1v) is 10.3. The van der Waals surface area contributed by atoms with E-state index in [-0.39, 0.29) is 42.5 Å². The third-order valence-electron chi connectivity index (χ3n) is 6.19. The Morgan fingerprint density at radius 2 is 1.93 bits per heavy atom. The predicted octanol–water partition coefficient (Wildman–Crippen LogP) is 3.46. The first kappa shape index (κ1) is 18.5. The average Bonchev–Trinajstić information content (AvgIpc) is 3.53. The van der Waals surface area contributed by atoms with Crippen molar-refractivity contribution in [2.75, 3.05) is 23.4 Å². The van der Waals surface area contributed by atoms with E-state index in [9.17, 15) is 14.7 Å². The van der Waals surface area contributed by atoms with Gasteiger partial charge in [-0.25, -0.2) is 4.79 Å². The van der Waals surface area contributed by atoms with Crippen molar-refractivity contribution in [1.82, 2.24) is 4.90 Å². The summed E-state index contributed by atoms with van der Waals surface area (Å²) in [5, 5.41) is 13.4. The molecule has 0 spiro atoms. The fourth-order valence-corrected chi connectivity index (χ4v) is 4.87. The molecule has 0 aromatic heterocycles. The Morgan fingerprint density at radius 3 is 2.66 bits per heavy atom. The second-order valence-electron chi connectivity index (χ2n) is 7.97. The molecule has 1 saturated heterocycles. The van der Waals surface area contributed by atoms with Crippen LogP contribution in [0.5, 0.6) is 0 Å². The third kappa shape index (κ3) is 3.07. The van der Waals surface area contributed by atoms with Gasteiger partial charge in [-0.2, -0.15) is 0 Å². The molecule has 2 heterocycles. The van der Waals surface area contributed by atoms with Gasteiger partial charge in [0.2, 0.25) is 5.91 Å². The fraction of sp³-hybridized carbons (Fsp3) is 0.364. The SMILES string of the molecule is O=C(Nc1cccc(Cl)c1)N1C[C@@H]2[C@H](c3ccccc31)[C@H](CO)N2C(=O)C1CC1. The van der Waals surface area contributed by atoms with E-state index in [1.165, 1.54) is 0 Å². The summed E-state index contributed by atoms with van der Waals surface area (Å²) in [7, 11) is 0. The molecule has 29 heavy (non-hydrogen) atoms. The number of para-hydroxylation sites is 1. The number of aliphatic hydroxyl groups excluding tert-OH is 1. The molecule has 2 N–H and O–H groups in total. The molecule has 5 rings (SSSR count). The van der Waals surface area contributed by atoms with Crippen molar-refractivity contribution in [2.45, 2.75) is 30.8 Å². The topological polar surface area (TPSA) is 72.9 Å². The van der Waals surface area contributed by atoms with Gasteiger partial charge in [-0.3, -0.25) is 9.69 Å². The quantitative estimate of drug-likeness (QED) is 0.812. The highest BCUT2D eigenvalue weighted by atomic mass is 35.5. The number of carbonyl (C=O) groups is 2. The van der Waals surface area contributed by atoms with Crippen LogP contribution in [0.25, 0.3) is 0 Å². The highest BCUT2D eigenvalue weighted by Gasteiger charge is 2.56. The van der Waals surface area contributed by atoms with Crippen LogP contribution in [0.15, 0.2) is 48.5 Å². The lowest BCUT2D eigenvalue weighted by Crippen LogP contribution is -2.71. The molecule has 7 heteroatoms. The predicted molar refractivity (Wildman–Crippen MR) is 111 cm³/mol. The maximum absolute atomic E-state index is 13.1. The van der Waals surface area contributed by atoms with Gasteiger partial charge in [0.15, 0.2) is 0 Å². The number of aliphatic hydroxyl groups is 1. The molecule has 2 fully saturated rings. The Kier molecular flexibility index (Phi) is 4.48. The van der Waals surface area contributed by atoms with Crippen molar-refractivity contribution >= 4 is 34.9 Å². The van der Waals surface area contributed by atoms with Gasteiger partial charge >= 0.3 is 6.03 Å². The van der Waals surface area contributed by atoms with Crippen molar-refractivity contribution in [3.05, 3.63) is 59.1 Å². The Hall–Kier alpha value is -2.57. The van der Waals surface area contributed by atoms with Crippen LogP contribution >= 0.6 is 11.6 Å². The van der Waals surface area contributed by atoms with E-state index in [2.05, 4.69) is 5.32 Å². The average molecular weight is 412 g/mol. The first-order chi connectivity index (χ1) is 14.1. The van der Waals surface area contributed by atoms with Crippen molar-refractivity contribution < 1.29 is 14.7 Å². The van der Waals surface area contributed by atoms with E-state index >= 15 is 0 Å². The van der Waals surface area contributed by atoms with E-state index in [4.69, 9.17) is 11.6 Å². The summed E-state index contributed by atoms with van der Waals surface area (Å²) in [4.78, 5) is 29.4. The molecular formula is C22H22ClN3O3. The third-order valence-corrected chi connectivity index (χ3v) is 6.42. The van der Waals surface area contributed by atoms with Crippen LogP contribution in [0.3, 0.4) is 0 Å². The van der Waals surface area contributed by atoms with Crippen LogP contribution in [0.2, 0.25) is 5.02 Å². The summed E-state index contributed by atoms with van der Waals surface area (Å²) in [6.07, 6.45) is 1.83. The first-order valence-electron chi connectivity index (χ1n) is 9.94. The molecule has 2 aromatic rings. The van der Waals surface area contributed by atoms with Crippen LogP contribution in [0, 0.1) is 5.92 Å². The maximum Gasteiger partial charge on any atom is 0.326 e. The van der Waals surface area contributed by atoms with Crippen LogP contribution in [0.1, 0.15) is 24.3 Å². The number of benzene rings is 2. The Labute approximate surface area is 174 Å². The summed E-state index contributed by atoms with van der Waals surface area (Å²) in [6, 6.07) is 14.2. The molecule has 1 aliphatic carbocycles. The highest BCUT2D eigenvalue weighted by molar-refractivity contribution is 6.30. The molecule has 0 bridgehead atoms. The lowest BCUT2D eigenvalue weighted by molar-refractivity contribution is -0.151. The van der Waals surface area contributed by atoms with Crippen LogP contribution < -0.4 is 10.2 Å². The number of carbonyl (C=O) groups excluding carboxylic acids is 2. The highest BCUT2D eigenvalue weighted by Crippen LogP contribution is 2.50. The lowest BCUT2D eigenvalue weighted by Gasteiger charge is -2.59. The number of amides is 3. The lowest BCUT2D eigenvalue weighted by atomic mass is 9.71. The maximum atomic E-state index is 13.1. The molecule has 0 unspecified atom stereocenters. The smallest absolute Gasteiger partial charge is 0.326 e. The van der Waals surface area contributed by atoms with Crippen molar-refractivity contribution in [3.8, 4) is 0 Å². The standard InChI is InChI=1S/C22H22ClN3O3/c23-14-4-3-5-15(10-14)24-22(29)25-11-18-20(16-6-1-2-7-17(16)25)19(12-27)26(18)21(28)13-8-9-13/h1-7,10,13,18-20,27H,8-9,11-12H2,(H,24,29)/t18-,19+,20+/m1/s1. The molecule has 0 radical (unpaired) electrons. The van der Waals surface area contributed by atoms with Gasteiger partial charge in [0.25, 0.3) is 0 Å². The van der Waals surface area contributed by atoms with E-state index < -0.39 is 0 Å². The fourth-order valence-electron chi connectivity index (χ4n) is 4.68. The molecule has 2 aromatic carbocycles. The monoisotopic (exact) mass is 411 g/mol. The van der Waals surface area contributed by atoms with Gasteiger partial charge in [0, 0.05) is 34.8 Å². The van der Waals surface area contributed by atoms with Gasteiger partial charge in [0.1, 0.15) is 0 Å². The molecule has 1 saturated carbocycles. The van der Waals surface area contributed by atoms with Gasteiger partial charge in [0.05, 0.1) is 18.7 Å². The van der Waals surface area contributed by atoms with Gasteiger partial charge in [-0.15, -0.1) is 0 Å². The normalized spacial score (nSPS) is 25.0. The zero-order chi connectivity index (χ0) is 20.1. The minimum absolute atomic E-state index is 0.0501. The molecule has 2 aliphatic heterocycles. The van der Waals surface area contributed by atoms with Gasteiger partial charge < -0.3 is 15.3 Å². The summed E-state index contributed by atoms with van der Waals surface area (Å²) >= 11 is 6.04. The molecule has 150 valence electrons. The summed E-state index contributed by atoms with van der Waals surface area (Å²) in [6.45, 7) is 0.339. The second kappa shape index (κ2) is 7.04. The Balaban J connectivity index is 1.46. The zero-order valence-corrected chi connectivity index (χ0v) is 16.5. The minimum atomic E-state index is -0.260. The number of hydrogen-bond acceptors (Lipinski definition) is 3. The van der Waals surface area contributed by atoms with Crippen LogP contribution in [-0.4, -0.2) is 47.2 Å². The Morgan fingerprint density at radius 1 is 1.14 bits per heavy atom. The summed E-state index contributed by atoms with van der Waals surface area (Å²) < 4.78 is 0. The second-order valence-corrected chi connectivity index (χ2v) is 8.41. The molecule has 3 aliphatic rings. The number of halogens is 1. The van der Waals surface area contributed by atoms with Crippen LogP contribution in [-0.2, 0) is 4.79 Å². The number of fused-ring (bicyclic) bond motifs is 3. The molecule has 3 atom stereocenters. The minimum Gasteiger partial charge on any atom is -0.394 e. The number of rotatable bonds is 3. The van der Waals surface area contributed by atoms with Gasteiger partial charge in [-0.05, 0) is 42.7 Å². The molecular weight excluding hydrogens is 390 g/mol. The molecule has 6 nitrogen and oxygen atoms in total. The largest absolute Gasteiger partial charge is 0.394 e.